The highest BCUT2D eigenvalue weighted by Gasteiger charge is 2.36. The van der Waals surface area contributed by atoms with E-state index in [2.05, 4.69) is 12.1 Å². The highest BCUT2D eigenvalue weighted by Crippen LogP contribution is 2.25. The van der Waals surface area contributed by atoms with Crippen molar-refractivity contribution in [3.63, 3.8) is 0 Å². The number of carbonyl (C=O) groups excluding carboxylic acids is 2. The summed E-state index contributed by atoms with van der Waals surface area (Å²) in [7, 11) is 0. The summed E-state index contributed by atoms with van der Waals surface area (Å²) in [6, 6.07) is 14.6. The Balaban J connectivity index is 1.34. The Morgan fingerprint density at radius 3 is 2.59 bits per heavy atom. The molecule has 2 aromatic carbocycles. The fraction of sp³-hybridized carbons (Fsp3) is 0.364. The minimum Gasteiger partial charge on any atom is -0.342 e. The zero-order chi connectivity index (χ0) is 18.8. The van der Waals surface area contributed by atoms with Crippen molar-refractivity contribution in [2.75, 3.05) is 19.6 Å². The normalized spacial score (nSPS) is 19.3. The molecule has 1 atom stereocenters. The molecule has 0 aromatic heterocycles. The quantitative estimate of drug-likeness (QED) is 0.835. The third-order valence-corrected chi connectivity index (χ3v) is 5.59. The van der Waals surface area contributed by atoms with E-state index < -0.39 is 0 Å². The van der Waals surface area contributed by atoms with Crippen LogP contribution in [0, 0.1) is 11.7 Å². The summed E-state index contributed by atoms with van der Waals surface area (Å²) in [4.78, 5) is 28.9. The Kier molecular flexibility index (Phi) is 4.92. The van der Waals surface area contributed by atoms with Gasteiger partial charge in [-0.25, -0.2) is 4.39 Å². The molecule has 1 fully saturated rings. The molecule has 27 heavy (non-hydrogen) atoms. The lowest BCUT2D eigenvalue weighted by atomic mass is 9.98. The van der Waals surface area contributed by atoms with Crippen LogP contribution in [-0.4, -0.2) is 41.2 Å². The van der Waals surface area contributed by atoms with E-state index >= 15 is 0 Å². The average Bonchev–Trinajstić information content (AvgIpc) is 3.07. The van der Waals surface area contributed by atoms with Crippen LogP contribution in [0.5, 0.6) is 0 Å². The van der Waals surface area contributed by atoms with Crippen LogP contribution in [0.25, 0.3) is 0 Å². The van der Waals surface area contributed by atoms with Crippen LogP contribution in [0.2, 0.25) is 0 Å². The highest BCUT2D eigenvalue weighted by atomic mass is 19.1. The summed E-state index contributed by atoms with van der Waals surface area (Å²) >= 11 is 0. The van der Waals surface area contributed by atoms with Crippen LogP contribution in [-0.2, 0) is 29.0 Å². The summed E-state index contributed by atoms with van der Waals surface area (Å²) in [5, 5.41) is 0. The molecule has 0 N–H and O–H groups in total. The van der Waals surface area contributed by atoms with E-state index in [9.17, 15) is 14.0 Å². The van der Waals surface area contributed by atoms with Gasteiger partial charge in [-0.2, -0.15) is 0 Å². The third kappa shape index (κ3) is 3.87. The lowest BCUT2D eigenvalue weighted by molar-refractivity contribution is -0.136. The van der Waals surface area contributed by atoms with Gasteiger partial charge in [-0.15, -0.1) is 0 Å². The van der Waals surface area contributed by atoms with Crippen molar-refractivity contribution in [1.29, 1.82) is 0 Å². The number of hydrogen-bond donors (Lipinski definition) is 0. The first-order valence-electron chi connectivity index (χ1n) is 9.48. The lowest BCUT2D eigenvalue weighted by Gasteiger charge is -2.30. The summed E-state index contributed by atoms with van der Waals surface area (Å²) < 4.78 is 13.0. The molecule has 2 aromatic rings. The van der Waals surface area contributed by atoms with Gasteiger partial charge in [0, 0.05) is 32.6 Å². The van der Waals surface area contributed by atoms with E-state index in [1.807, 2.05) is 17.0 Å². The summed E-state index contributed by atoms with van der Waals surface area (Å²) in [5.41, 5.74) is 3.51. The van der Waals surface area contributed by atoms with E-state index in [1.165, 1.54) is 23.3 Å². The van der Waals surface area contributed by atoms with Gasteiger partial charge in [0.05, 0.1) is 5.92 Å². The number of amides is 2. The topological polar surface area (TPSA) is 40.6 Å². The molecule has 0 aliphatic carbocycles. The summed E-state index contributed by atoms with van der Waals surface area (Å²) in [6.07, 6.45) is 1.83. The second kappa shape index (κ2) is 7.51. The molecule has 4 nitrogen and oxygen atoms in total. The van der Waals surface area contributed by atoms with Crippen molar-refractivity contribution in [1.82, 2.24) is 9.80 Å². The van der Waals surface area contributed by atoms with Crippen molar-refractivity contribution in [3.05, 3.63) is 71.0 Å². The molecule has 140 valence electrons. The smallest absolute Gasteiger partial charge is 0.228 e. The van der Waals surface area contributed by atoms with Gasteiger partial charge in [0.25, 0.3) is 0 Å². The van der Waals surface area contributed by atoms with Crippen LogP contribution in [0.3, 0.4) is 0 Å². The maximum Gasteiger partial charge on any atom is 0.228 e. The monoisotopic (exact) mass is 366 g/mol. The minimum atomic E-state index is -0.259. The maximum atomic E-state index is 13.0. The predicted octanol–water partition coefficient (Wildman–Crippen LogP) is 2.80. The number of benzene rings is 2. The van der Waals surface area contributed by atoms with Gasteiger partial charge < -0.3 is 9.80 Å². The van der Waals surface area contributed by atoms with Crippen molar-refractivity contribution in [2.45, 2.75) is 25.8 Å². The molecule has 0 saturated carbocycles. The first kappa shape index (κ1) is 17.7. The summed E-state index contributed by atoms with van der Waals surface area (Å²) in [5.74, 6) is -0.393. The average molecular weight is 366 g/mol. The Hall–Kier alpha value is -2.69. The zero-order valence-corrected chi connectivity index (χ0v) is 15.2. The van der Waals surface area contributed by atoms with E-state index in [1.54, 1.807) is 17.0 Å². The zero-order valence-electron chi connectivity index (χ0n) is 15.2. The van der Waals surface area contributed by atoms with E-state index in [0.717, 1.165) is 18.5 Å². The fourth-order valence-corrected chi connectivity index (χ4v) is 4.01. The standard InChI is InChI=1S/C22H23FN2O2/c23-20-7-5-16(6-8-20)9-11-24-15-19(13-21(24)26)22(27)25-12-10-17-3-1-2-4-18(17)14-25/h1-8,19H,9-15H2/t19-/m0/s1. The van der Waals surface area contributed by atoms with Gasteiger partial charge in [0.1, 0.15) is 5.82 Å². The summed E-state index contributed by atoms with van der Waals surface area (Å²) in [6.45, 7) is 2.40. The molecule has 0 unspecified atom stereocenters. The molecule has 0 bridgehead atoms. The van der Waals surface area contributed by atoms with Crippen molar-refractivity contribution >= 4 is 11.8 Å². The molecular weight excluding hydrogens is 343 g/mol. The van der Waals surface area contributed by atoms with Crippen LogP contribution < -0.4 is 0 Å². The predicted molar refractivity (Wildman–Crippen MR) is 100 cm³/mol. The Bertz CT molecular complexity index is 850. The lowest BCUT2D eigenvalue weighted by Crippen LogP contribution is -2.40. The van der Waals surface area contributed by atoms with Crippen molar-refractivity contribution in [2.24, 2.45) is 5.92 Å². The molecular formula is C22H23FN2O2. The van der Waals surface area contributed by atoms with Crippen LogP contribution in [0.1, 0.15) is 23.1 Å². The maximum absolute atomic E-state index is 13.0. The largest absolute Gasteiger partial charge is 0.342 e. The number of fused-ring (bicyclic) bond motifs is 1. The van der Waals surface area contributed by atoms with Gasteiger partial charge in [-0.3, -0.25) is 9.59 Å². The molecule has 2 amide bonds. The van der Waals surface area contributed by atoms with Crippen molar-refractivity contribution in [3.8, 4) is 0 Å². The van der Waals surface area contributed by atoms with Crippen LogP contribution in [0.15, 0.2) is 48.5 Å². The van der Waals surface area contributed by atoms with Gasteiger partial charge in [-0.05, 0) is 41.7 Å². The highest BCUT2D eigenvalue weighted by molar-refractivity contribution is 5.89. The second-order valence-corrected chi connectivity index (χ2v) is 7.40. The second-order valence-electron chi connectivity index (χ2n) is 7.40. The Morgan fingerprint density at radius 1 is 1.07 bits per heavy atom. The number of carbonyl (C=O) groups is 2. The first-order chi connectivity index (χ1) is 13.1. The van der Waals surface area contributed by atoms with Gasteiger partial charge in [0.2, 0.25) is 11.8 Å². The van der Waals surface area contributed by atoms with Crippen LogP contribution >= 0.6 is 0 Å². The van der Waals surface area contributed by atoms with Gasteiger partial charge in [0.15, 0.2) is 0 Å². The van der Waals surface area contributed by atoms with E-state index in [0.29, 0.717) is 32.5 Å². The Morgan fingerprint density at radius 2 is 1.81 bits per heavy atom. The van der Waals surface area contributed by atoms with Gasteiger partial charge >= 0.3 is 0 Å². The molecule has 2 aliphatic rings. The molecule has 1 saturated heterocycles. The Labute approximate surface area is 158 Å². The minimum absolute atomic E-state index is 0.0351. The number of halogens is 1. The fourth-order valence-electron chi connectivity index (χ4n) is 4.01. The molecule has 2 aliphatic heterocycles. The SMILES string of the molecule is O=C1C[C@H](C(=O)N2CCc3ccccc3C2)CN1CCc1ccc(F)cc1. The number of likely N-dealkylation sites (tertiary alicyclic amines) is 1. The molecule has 5 heteroatoms. The van der Waals surface area contributed by atoms with Crippen LogP contribution in [0.4, 0.5) is 4.39 Å². The number of nitrogens with zero attached hydrogens (tertiary/aromatic N) is 2. The van der Waals surface area contributed by atoms with Gasteiger partial charge in [-0.1, -0.05) is 36.4 Å². The molecule has 2 heterocycles. The number of rotatable bonds is 4. The number of hydrogen-bond acceptors (Lipinski definition) is 2. The van der Waals surface area contributed by atoms with E-state index in [-0.39, 0.29) is 23.5 Å². The van der Waals surface area contributed by atoms with Crippen molar-refractivity contribution < 1.29 is 14.0 Å². The van der Waals surface area contributed by atoms with E-state index in [4.69, 9.17) is 0 Å². The third-order valence-electron chi connectivity index (χ3n) is 5.59. The molecule has 0 spiro atoms. The first-order valence-corrected chi connectivity index (χ1v) is 9.48. The molecule has 0 radical (unpaired) electrons. The molecule has 4 rings (SSSR count).